The largest absolute Gasteiger partial charge is 0.397 e. The molecule has 1 saturated heterocycles. The summed E-state index contributed by atoms with van der Waals surface area (Å²) in [5.74, 6) is -0.279. The van der Waals surface area contributed by atoms with Crippen molar-refractivity contribution in [1.29, 1.82) is 0 Å². The average Bonchev–Trinajstić information content (AvgIpc) is 3.19. The highest BCUT2D eigenvalue weighted by Crippen LogP contribution is 2.26. The Morgan fingerprint density at radius 1 is 0.672 bits per heavy atom. The van der Waals surface area contributed by atoms with E-state index < -0.39 is 59.9 Å². The molecule has 1 heterocycles. The number of nitrogens with one attached hydrogen (secondary N) is 1. The van der Waals surface area contributed by atoms with Gasteiger partial charge in [0, 0.05) is 6.42 Å². The number of hydrogen-bond acceptors (Lipinski definition) is 10. The van der Waals surface area contributed by atoms with Crippen molar-refractivity contribution in [3.63, 3.8) is 0 Å². The molecule has 0 bridgehead atoms. The maximum atomic E-state index is 13.0. The average molecular weight is 848 g/mol. The van der Waals surface area contributed by atoms with E-state index in [4.69, 9.17) is 9.47 Å². The summed E-state index contributed by atoms with van der Waals surface area (Å²) in [7, 11) is -5.08. The smallest absolute Gasteiger partial charge is 0.394 e. The summed E-state index contributed by atoms with van der Waals surface area (Å²) in [6.07, 6.45) is 32.2. The van der Waals surface area contributed by atoms with Crippen LogP contribution in [0.25, 0.3) is 0 Å². The van der Waals surface area contributed by atoms with Crippen molar-refractivity contribution in [2.75, 3.05) is 13.2 Å². The molecule has 12 nitrogen and oxygen atoms in total. The van der Waals surface area contributed by atoms with Crippen molar-refractivity contribution >= 4 is 16.3 Å². The van der Waals surface area contributed by atoms with Crippen LogP contribution in [0.3, 0.4) is 0 Å². The van der Waals surface area contributed by atoms with Crippen molar-refractivity contribution in [2.45, 2.75) is 243 Å². The van der Waals surface area contributed by atoms with E-state index in [0.29, 0.717) is 6.42 Å². The first-order valence-electron chi connectivity index (χ1n) is 23.2. The van der Waals surface area contributed by atoms with Gasteiger partial charge in [0.25, 0.3) is 0 Å². The van der Waals surface area contributed by atoms with Crippen LogP contribution in [0.2, 0.25) is 0 Å². The van der Waals surface area contributed by atoms with Crippen molar-refractivity contribution in [1.82, 2.24) is 5.32 Å². The summed E-state index contributed by atoms with van der Waals surface area (Å²) in [5.41, 5.74) is 0. The van der Waals surface area contributed by atoms with Crippen LogP contribution >= 0.6 is 0 Å². The molecule has 0 radical (unpaired) electrons. The molecule has 342 valence electrons. The number of rotatable bonds is 39. The Morgan fingerprint density at radius 3 is 1.55 bits per heavy atom. The third-order valence-corrected chi connectivity index (χ3v) is 11.4. The van der Waals surface area contributed by atoms with E-state index in [-0.39, 0.29) is 18.9 Å². The Bertz CT molecular complexity index is 1140. The molecule has 0 aromatic carbocycles. The van der Waals surface area contributed by atoms with Gasteiger partial charge in [-0.15, -0.1) is 0 Å². The van der Waals surface area contributed by atoms with Crippen LogP contribution in [0.5, 0.6) is 0 Å². The van der Waals surface area contributed by atoms with E-state index in [2.05, 4.69) is 35.5 Å². The lowest BCUT2D eigenvalue weighted by atomic mass is 9.99. The zero-order valence-corrected chi connectivity index (χ0v) is 37.2. The van der Waals surface area contributed by atoms with E-state index in [1.165, 1.54) is 128 Å². The van der Waals surface area contributed by atoms with Gasteiger partial charge in [-0.3, -0.25) is 9.35 Å². The molecular weight excluding hydrogens is 763 g/mol. The van der Waals surface area contributed by atoms with Crippen molar-refractivity contribution < 1.29 is 51.8 Å². The second-order valence-electron chi connectivity index (χ2n) is 16.3. The summed E-state index contributed by atoms with van der Waals surface area (Å²) >= 11 is 0. The first-order valence-corrected chi connectivity index (χ1v) is 24.6. The molecule has 0 aliphatic carbocycles. The van der Waals surface area contributed by atoms with Gasteiger partial charge >= 0.3 is 10.4 Å². The molecule has 7 unspecified atom stereocenters. The standard InChI is InChI=1S/C45H85NO11S/c1-3-5-7-9-11-13-15-17-18-19-20-21-23-24-26-28-30-32-34-39(48)38(37-55-45-43(51)44(57-58(52,53)54)42(50)40(36-47)56-45)46-41(49)35-33-31-29-27-25-22-16-14-12-10-8-6-4-2/h22,25,32,34,38-40,42-45,47-48,50-51H,3-21,23-24,26-31,33,35-37H2,1-2H3,(H,46,49)(H,52,53,54)/b25-22-,34-32+. The third kappa shape index (κ3) is 28.9. The third-order valence-electron chi connectivity index (χ3n) is 11.0. The number of aliphatic hydroxyl groups excluding tert-OH is 4. The van der Waals surface area contributed by atoms with Crippen LogP contribution in [0.4, 0.5) is 0 Å². The molecule has 1 fully saturated rings. The fourth-order valence-corrected chi connectivity index (χ4v) is 7.84. The van der Waals surface area contributed by atoms with Gasteiger partial charge in [0.05, 0.1) is 25.4 Å². The fraction of sp³-hybridized carbons (Fsp3) is 0.889. The number of allylic oxidation sites excluding steroid dienone is 3. The second-order valence-corrected chi connectivity index (χ2v) is 17.4. The van der Waals surface area contributed by atoms with Crippen LogP contribution in [-0.4, -0.2) is 95.4 Å². The molecule has 1 aliphatic rings. The summed E-state index contributed by atoms with van der Waals surface area (Å²) in [6.45, 7) is 3.37. The first-order chi connectivity index (χ1) is 28.0. The monoisotopic (exact) mass is 848 g/mol. The van der Waals surface area contributed by atoms with Gasteiger partial charge in [0.1, 0.15) is 24.4 Å². The minimum Gasteiger partial charge on any atom is -0.394 e. The quantitative estimate of drug-likeness (QED) is 0.0197. The highest BCUT2D eigenvalue weighted by atomic mass is 32.3. The van der Waals surface area contributed by atoms with Crippen LogP contribution in [0.1, 0.15) is 200 Å². The van der Waals surface area contributed by atoms with Crippen molar-refractivity contribution in [2.24, 2.45) is 0 Å². The number of amides is 1. The molecule has 0 saturated carbocycles. The van der Waals surface area contributed by atoms with Gasteiger partial charge in [-0.1, -0.05) is 173 Å². The Labute approximate surface area is 352 Å². The topological polar surface area (TPSA) is 192 Å². The minimum atomic E-state index is -5.08. The number of unbranched alkanes of at least 4 members (excludes halogenated alkanes) is 25. The lowest BCUT2D eigenvalue weighted by molar-refractivity contribution is -0.298. The van der Waals surface area contributed by atoms with E-state index in [9.17, 15) is 38.2 Å². The van der Waals surface area contributed by atoms with Gasteiger partial charge in [0.15, 0.2) is 6.29 Å². The van der Waals surface area contributed by atoms with Crippen LogP contribution in [0, 0.1) is 0 Å². The Hall–Kier alpha value is -1.42. The number of aliphatic hydroxyl groups is 4. The molecule has 1 amide bonds. The maximum Gasteiger partial charge on any atom is 0.397 e. The predicted molar refractivity (Wildman–Crippen MR) is 232 cm³/mol. The summed E-state index contributed by atoms with van der Waals surface area (Å²) < 4.78 is 47.5. The molecule has 13 heteroatoms. The molecular formula is C45H85NO11S. The molecule has 0 aromatic rings. The molecule has 58 heavy (non-hydrogen) atoms. The second kappa shape index (κ2) is 36.3. The van der Waals surface area contributed by atoms with E-state index in [0.717, 1.165) is 44.9 Å². The SMILES string of the molecule is CCCCCCCC/C=C\CCCCCC(=O)NC(COC1OC(CO)C(O)C(OS(=O)(=O)O)C1O)C(O)/C=C/CCCCCCCCCCCCCCCCCC. The van der Waals surface area contributed by atoms with Crippen LogP contribution < -0.4 is 5.32 Å². The maximum absolute atomic E-state index is 13.0. The lowest BCUT2D eigenvalue weighted by Gasteiger charge is -2.41. The van der Waals surface area contributed by atoms with Crippen LogP contribution in [0.15, 0.2) is 24.3 Å². The zero-order valence-electron chi connectivity index (χ0n) is 36.4. The van der Waals surface area contributed by atoms with Crippen molar-refractivity contribution in [3.05, 3.63) is 24.3 Å². The molecule has 6 N–H and O–H groups in total. The normalized spacial score (nSPS) is 21.3. The lowest BCUT2D eigenvalue weighted by Crippen LogP contribution is -2.61. The van der Waals surface area contributed by atoms with Crippen molar-refractivity contribution in [3.8, 4) is 0 Å². The Kier molecular flexibility index (Phi) is 34.1. The van der Waals surface area contributed by atoms with Gasteiger partial charge < -0.3 is 35.2 Å². The van der Waals surface area contributed by atoms with Gasteiger partial charge in [-0.25, -0.2) is 4.18 Å². The molecule has 0 aromatic heterocycles. The Morgan fingerprint density at radius 2 is 1.10 bits per heavy atom. The van der Waals surface area contributed by atoms with E-state index in [1.54, 1.807) is 6.08 Å². The molecule has 7 atom stereocenters. The predicted octanol–water partition coefficient (Wildman–Crippen LogP) is 8.94. The molecule has 1 rings (SSSR count). The summed E-state index contributed by atoms with van der Waals surface area (Å²) in [6, 6.07) is -0.948. The Balaban J connectivity index is 2.53. The van der Waals surface area contributed by atoms with E-state index in [1.807, 2.05) is 6.08 Å². The van der Waals surface area contributed by atoms with E-state index >= 15 is 0 Å². The number of ether oxygens (including phenoxy) is 2. The van der Waals surface area contributed by atoms with Gasteiger partial charge in [-0.05, 0) is 44.9 Å². The number of carbonyl (C=O) groups excluding carboxylic acids is 1. The summed E-state index contributed by atoms with van der Waals surface area (Å²) in [4.78, 5) is 13.0. The fourth-order valence-electron chi connectivity index (χ4n) is 7.33. The number of hydrogen-bond donors (Lipinski definition) is 6. The highest BCUT2D eigenvalue weighted by molar-refractivity contribution is 7.80. The highest BCUT2D eigenvalue weighted by Gasteiger charge is 2.48. The van der Waals surface area contributed by atoms with Gasteiger partial charge in [-0.2, -0.15) is 8.42 Å². The number of carbonyl (C=O) groups is 1. The zero-order chi connectivity index (χ0) is 42.7. The molecule has 0 spiro atoms. The minimum absolute atomic E-state index is 0.249. The molecule has 1 aliphatic heterocycles. The summed E-state index contributed by atoms with van der Waals surface area (Å²) in [5, 5.41) is 44.7. The van der Waals surface area contributed by atoms with Gasteiger partial charge in [0.2, 0.25) is 5.91 Å². The van der Waals surface area contributed by atoms with Crippen LogP contribution in [-0.2, 0) is 28.9 Å². The first kappa shape index (κ1) is 54.6.